The third-order valence-electron chi connectivity index (χ3n) is 4.45. The predicted molar refractivity (Wildman–Crippen MR) is 108 cm³/mol. The van der Waals surface area contributed by atoms with Gasteiger partial charge in [0.05, 0.1) is 17.4 Å². The molecule has 5 heteroatoms. The second-order valence-electron chi connectivity index (χ2n) is 6.09. The SMILES string of the molecule is Fc1ccccc1C1=NN(c2ccccc2Br)[C@H](c2ccc(Cl)cc2)C1. The third kappa shape index (κ3) is 3.27. The number of benzene rings is 3. The van der Waals surface area contributed by atoms with Gasteiger partial charge in [0.2, 0.25) is 0 Å². The van der Waals surface area contributed by atoms with Crippen LogP contribution in [0.2, 0.25) is 5.02 Å². The van der Waals surface area contributed by atoms with Crippen LogP contribution in [0.4, 0.5) is 10.1 Å². The van der Waals surface area contributed by atoms with Gasteiger partial charge in [0, 0.05) is 21.5 Å². The van der Waals surface area contributed by atoms with E-state index in [1.807, 2.05) is 59.6 Å². The zero-order chi connectivity index (χ0) is 18.1. The Labute approximate surface area is 165 Å². The molecule has 1 aliphatic rings. The zero-order valence-corrected chi connectivity index (χ0v) is 16.1. The van der Waals surface area contributed by atoms with Crippen LogP contribution in [0, 0.1) is 5.82 Å². The molecule has 26 heavy (non-hydrogen) atoms. The standard InChI is InChI=1S/C21H15BrClFN2/c22-17-6-2-4-8-20(17)26-21(14-9-11-15(23)12-10-14)13-19(25-26)16-5-1-3-7-18(16)24/h1-12,21H,13H2/t21-/m0/s1. The second kappa shape index (κ2) is 7.22. The fraction of sp³-hybridized carbons (Fsp3) is 0.0952. The molecule has 0 fully saturated rings. The minimum atomic E-state index is -0.255. The molecule has 0 radical (unpaired) electrons. The number of anilines is 1. The van der Waals surface area contributed by atoms with Gasteiger partial charge in [-0.15, -0.1) is 0 Å². The Bertz CT molecular complexity index is 972. The molecule has 0 spiro atoms. The van der Waals surface area contributed by atoms with Crippen molar-refractivity contribution in [2.45, 2.75) is 12.5 Å². The van der Waals surface area contributed by atoms with Crippen molar-refractivity contribution in [1.82, 2.24) is 0 Å². The molecule has 2 nitrogen and oxygen atoms in total. The first kappa shape index (κ1) is 17.3. The van der Waals surface area contributed by atoms with Gasteiger partial charge in [-0.25, -0.2) is 4.39 Å². The summed E-state index contributed by atoms with van der Waals surface area (Å²) in [6.07, 6.45) is 0.615. The number of hydrogen-bond acceptors (Lipinski definition) is 2. The molecule has 3 aromatic carbocycles. The number of para-hydroxylation sites is 1. The maximum atomic E-state index is 14.3. The van der Waals surface area contributed by atoms with E-state index in [0.29, 0.717) is 17.0 Å². The van der Waals surface area contributed by atoms with E-state index in [0.717, 1.165) is 21.4 Å². The Balaban J connectivity index is 1.80. The molecule has 0 aliphatic carbocycles. The number of hydrazone groups is 1. The first-order chi connectivity index (χ1) is 12.6. The van der Waals surface area contributed by atoms with E-state index in [1.54, 1.807) is 12.1 Å². The number of nitrogens with zero attached hydrogens (tertiary/aromatic N) is 2. The summed E-state index contributed by atoms with van der Waals surface area (Å²) in [5.74, 6) is -0.255. The Kier molecular flexibility index (Phi) is 4.79. The monoisotopic (exact) mass is 428 g/mol. The second-order valence-corrected chi connectivity index (χ2v) is 7.38. The van der Waals surface area contributed by atoms with E-state index in [1.165, 1.54) is 6.07 Å². The molecule has 1 atom stereocenters. The van der Waals surface area contributed by atoms with Gasteiger partial charge < -0.3 is 0 Å². The lowest BCUT2D eigenvalue weighted by Gasteiger charge is -2.25. The quantitative estimate of drug-likeness (QED) is 0.458. The van der Waals surface area contributed by atoms with Gasteiger partial charge in [-0.05, 0) is 51.8 Å². The predicted octanol–water partition coefficient (Wildman–Crippen LogP) is 6.60. The van der Waals surface area contributed by atoms with Gasteiger partial charge in [0.25, 0.3) is 0 Å². The van der Waals surface area contributed by atoms with Gasteiger partial charge in [-0.1, -0.05) is 54.1 Å². The third-order valence-corrected chi connectivity index (χ3v) is 5.37. The van der Waals surface area contributed by atoms with E-state index in [9.17, 15) is 4.39 Å². The minimum Gasteiger partial charge on any atom is -0.256 e. The highest BCUT2D eigenvalue weighted by Crippen LogP contribution is 2.40. The van der Waals surface area contributed by atoms with E-state index in [2.05, 4.69) is 15.9 Å². The molecule has 1 heterocycles. The molecule has 3 aromatic rings. The van der Waals surface area contributed by atoms with Gasteiger partial charge in [0.15, 0.2) is 0 Å². The van der Waals surface area contributed by atoms with Crippen LogP contribution in [-0.2, 0) is 0 Å². The molecule has 0 amide bonds. The van der Waals surface area contributed by atoms with Crippen LogP contribution in [0.15, 0.2) is 82.4 Å². The maximum absolute atomic E-state index is 14.3. The normalized spacial score (nSPS) is 16.7. The van der Waals surface area contributed by atoms with Crippen LogP contribution in [0.25, 0.3) is 0 Å². The average molecular weight is 430 g/mol. The topological polar surface area (TPSA) is 15.6 Å². The summed E-state index contributed by atoms with van der Waals surface area (Å²) in [7, 11) is 0. The van der Waals surface area contributed by atoms with Crippen LogP contribution >= 0.6 is 27.5 Å². The van der Waals surface area contributed by atoms with Crippen molar-refractivity contribution in [3.63, 3.8) is 0 Å². The van der Waals surface area contributed by atoms with Gasteiger partial charge >= 0.3 is 0 Å². The lowest BCUT2D eigenvalue weighted by atomic mass is 9.98. The fourth-order valence-corrected chi connectivity index (χ4v) is 3.76. The van der Waals surface area contributed by atoms with E-state index in [-0.39, 0.29) is 11.9 Å². The Morgan fingerprint density at radius 3 is 2.38 bits per heavy atom. The highest BCUT2D eigenvalue weighted by atomic mass is 79.9. The Morgan fingerprint density at radius 2 is 1.65 bits per heavy atom. The molecular formula is C21H15BrClFN2. The van der Waals surface area contributed by atoms with E-state index in [4.69, 9.17) is 16.7 Å². The van der Waals surface area contributed by atoms with Crippen LogP contribution in [0.3, 0.4) is 0 Å². The van der Waals surface area contributed by atoms with Crippen molar-refractivity contribution in [3.05, 3.63) is 99.2 Å². The molecule has 4 rings (SSSR count). The van der Waals surface area contributed by atoms with E-state index < -0.39 is 0 Å². The maximum Gasteiger partial charge on any atom is 0.132 e. The first-order valence-corrected chi connectivity index (χ1v) is 9.42. The van der Waals surface area contributed by atoms with Gasteiger partial charge in [-0.3, -0.25) is 5.01 Å². The summed E-state index contributed by atoms with van der Waals surface area (Å²) >= 11 is 9.65. The summed E-state index contributed by atoms with van der Waals surface area (Å²) < 4.78 is 15.2. The lowest BCUT2D eigenvalue weighted by Crippen LogP contribution is -2.18. The molecule has 130 valence electrons. The number of halogens is 3. The van der Waals surface area contributed by atoms with Crippen molar-refractivity contribution in [2.24, 2.45) is 5.10 Å². The Morgan fingerprint density at radius 1 is 0.962 bits per heavy atom. The highest BCUT2D eigenvalue weighted by molar-refractivity contribution is 9.10. The molecule has 0 bridgehead atoms. The zero-order valence-electron chi connectivity index (χ0n) is 13.7. The average Bonchev–Trinajstić information content (AvgIpc) is 3.08. The van der Waals surface area contributed by atoms with Crippen molar-refractivity contribution in [3.8, 4) is 0 Å². The lowest BCUT2D eigenvalue weighted by molar-refractivity contribution is 0.624. The number of hydrogen-bond donors (Lipinski definition) is 0. The van der Waals surface area contributed by atoms with Crippen molar-refractivity contribution >= 4 is 38.9 Å². The van der Waals surface area contributed by atoms with Crippen LogP contribution < -0.4 is 5.01 Å². The smallest absolute Gasteiger partial charge is 0.132 e. The fourth-order valence-electron chi connectivity index (χ4n) is 3.17. The van der Waals surface area contributed by atoms with Gasteiger partial charge in [-0.2, -0.15) is 5.10 Å². The largest absolute Gasteiger partial charge is 0.256 e. The summed E-state index contributed by atoms with van der Waals surface area (Å²) in [5, 5.41) is 7.42. The molecule has 0 unspecified atom stereocenters. The highest BCUT2D eigenvalue weighted by Gasteiger charge is 2.31. The van der Waals surface area contributed by atoms with Crippen LogP contribution in [0.1, 0.15) is 23.6 Å². The Hall–Kier alpha value is -2.17. The molecule has 0 aromatic heterocycles. The van der Waals surface area contributed by atoms with Crippen molar-refractivity contribution in [1.29, 1.82) is 0 Å². The summed E-state index contributed by atoms with van der Waals surface area (Å²) in [4.78, 5) is 0. The molecular weight excluding hydrogens is 415 g/mol. The van der Waals surface area contributed by atoms with E-state index >= 15 is 0 Å². The van der Waals surface area contributed by atoms with Crippen LogP contribution in [-0.4, -0.2) is 5.71 Å². The van der Waals surface area contributed by atoms with Crippen molar-refractivity contribution in [2.75, 3.05) is 5.01 Å². The summed E-state index contributed by atoms with van der Waals surface area (Å²) in [6, 6.07) is 22.4. The van der Waals surface area contributed by atoms with Crippen molar-refractivity contribution < 1.29 is 4.39 Å². The summed E-state index contributed by atoms with van der Waals surface area (Å²) in [5.41, 5.74) is 3.30. The molecule has 0 N–H and O–H groups in total. The van der Waals surface area contributed by atoms with Gasteiger partial charge in [0.1, 0.15) is 5.82 Å². The molecule has 0 saturated heterocycles. The molecule has 0 saturated carbocycles. The minimum absolute atomic E-state index is 0.0272. The van der Waals surface area contributed by atoms with Crippen LogP contribution in [0.5, 0.6) is 0 Å². The summed E-state index contributed by atoms with van der Waals surface area (Å²) in [6.45, 7) is 0. The molecule has 1 aliphatic heterocycles. The first-order valence-electron chi connectivity index (χ1n) is 8.25. The number of rotatable bonds is 3.